The Morgan fingerprint density at radius 3 is 2.81 bits per heavy atom. The lowest BCUT2D eigenvalue weighted by molar-refractivity contribution is -0.123. The van der Waals surface area contributed by atoms with Gasteiger partial charge >= 0.3 is 0 Å². The zero-order valence-electron chi connectivity index (χ0n) is 10.1. The number of nitrogens with two attached hydrogens (primary N) is 1. The summed E-state index contributed by atoms with van der Waals surface area (Å²) < 4.78 is 0. The Morgan fingerprint density at radius 1 is 1.56 bits per heavy atom. The molecule has 0 amide bonds. The van der Waals surface area contributed by atoms with Gasteiger partial charge in [-0.3, -0.25) is 4.79 Å². The number of likely N-dealkylation sites (N-methyl/N-ethyl adjacent to an activating group) is 1. The molecule has 0 aromatic carbocycles. The number of carbonyl (C=O) groups is 1. The van der Waals surface area contributed by atoms with E-state index in [-0.39, 0.29) is 5.78 Å². The fourth-order valence-electron chi connectivity index (χ4n) is 1.53. The fourth-order valence-corrected chi connectivity index (χ4v) is 1.53. The summed E-state index contributed by atoms with van der Waals surface area (Å²) in [4.78, 5) is 16.0. The number of nitrogens with one attached hydrogen (secondary N) is 1. The van der Waals surface area contributed by atoms with Crippen LogP contribution in [0, 0.1) is 0 Å². The summed E-state index contributed by atoms with van der Waals surface area (Å²) in [5, 5.41) is 3.15. The van der Waals surface area contributed by atoms with Crippen molar-refractivity contribution in [1.29, 1.82) is 0 Å². The van der Waals surface area contributed by atoms with Crippen LogP contribution in [0.1, 0.15) is 26.3 Å². The minimum atomic E-state index is -0.517. The van der Waals surface area contributed by atoms with E-state index in [0.29, 0.717) is 12.2 Å². The van der Waals surface area contributed by atoms with Gasteiger partial charge in [-0.15, -0.1) is 0 Å². The van der Waals surface area contributed by atoms with Gasteiger partial charge in [-0.2, -0.15) is 0 Å². The van der Waals surface area contributed by atoms with Gasteiger partial charge in [0.1, 0.15) is 5.82 Å². The van der Waals surface area contributed by atoms with Crippen molar-refractivity contribution in [3.8, 4) is 0 Å². The lowest BCUT2D eigenvalue weighted by atomic mass is 9.94. The molecule has 0 unspecified atom stereocenters. The standard InChI is InChI=1S/C12H19N3O/c1-4-15-12(2,3)10(16)8-9-6-5-7-14-11(9)13/h5-7,15H,4,8H2,1-3H3,(H2,13,14). The fraction of sp³-hybridized carbons (Fsp3) is 0.500. The van der Waals surface area contributed by atoms with Crippen molar-refractivity contribution in [2.75, 3.05) is 12.3 Å². The van der Waals surface area contributed by atoms with Crippen LogP contribution in [0.15, 0.2) is 18.3 Å². The summed E-state index contributed by atoms with van der Waals surface area (Å²) in [6, 6.07) is 3.63. The van der Waals surface area contributed by atoms with Crippen molar-refractivity contribution in [3.05, 3.63) is 23.9 Å². The number of nitrogen functional groups attached to an aromatic ring is 1. The Labute approximate surface area is 96.3 Å². The molecule has 0 bridgehead atoms. The Morgan fingerprint density at radius 2 is 2.25 bits per heavy atom. The van der Waals surface area contributed by atoms with Crippen molar-refractivity contribution in [2.24, 2.45) is 0 Å². The first-order chi connectivity index (χ1) is 7.47. The molecular formula is C12H19N3O. The highest BCUT2D eigenvalue weighted by molar-refractivity contribution is 5.90. The molecule has 0 aliphatic carbocycles. The van der Waals surface area contributed by atoms with Crippen LogP contribution < -0.4 is 11.1 Å². The van der Waals surface area contributed by atoms with Gasteiger partial charge < -0.3 is 11.1 Å². The molecule has 0 saturated carbocycles. The van der Waals surface area contributed by atoms with Gasteiger partial charge in [-0.05, 0) is 26.5 Å². The topological polar surface area (TPSA) is 68.0 Å². The van der Waals surface area contributed by atoms with E-state index in [9.17, 15) is 4.79 Å². The SMILES string of the molecule is CCNC(C)(C)C(=O)Cc1cccnc1N. The van der Waals surface area contributed by atoms with Gasteiger partial charge in [-0.25, -0.2) is 4.98 Å². The molecule has 1 heterocycles. The summed E-state index contributed by atoms with van der Waals surface area (Å²) in [6.07, 6.45) is 1.94. The number of hydrogen-bond acceptors (Lipinski definition) is 4. The molecule has 1 aromatic rings. The minimum absolute atomic E-state index is 0.119. The van der Waals surface area contributed by atoms with E-state index >= 15 is 0 Å². The Balaban J connectivity index is 2.75. The molecule has 88 valence electrons. The van der Waals surface area contributed by atoms with E-state index in [2.05, 4.69) is 10.3 Å². The third-order valence-electron chi connectivity index (χ3n) is 2.59. The second kappa shape index (κ2) is 5.07. The van der Waals surface area contributed by atoms with Crippen molar-refractivity contribution >= 4 is 11.6 Å². The van der Waals surface area contributed by atoms with Crippen LogP contribution in [0.3, 0.4) is 0 Å². The smallest absolute Gasteiger partial charge is 0.156 e. The van der Waals surface area contributed by atoms with E-state index in [0.717, 1.165) is 12.1 Å². The third kappa shape index (κ3) is 3.03. The maximum absolute atomic E-state index is 12.0. The second-order valence-electron chi connectivity index (χ2n) is 4.30. The molecule has 0 aliphatic rings. The van der Waals surface area contributed by atoms with Crippen LogP contribution >= 0.6 is 0 Å². The van der Waals surface area contributed by atoms with E-state index in [1.165, 1.54) is 0 Å². The first-order valence-electron chi connectivity index (χ1n) is 5.45. The zero-order chi connectivity index (χ0) is 12.2. The molecule has 1 rings (SSSR count). The quantitative estimate of drug-likeness (QED) is 0.783. The Hall–Kier alpha value is -1.42. The van der Waals surface area contributed by atoms with Crippen LogP contribution in [0.25, 0.3) is 0 Å². The number of Topliss-reactive ketones (excluding diaryl/α,β-unsaturated/α-hetero) is 1. The molecule has 16 heavy (non-hydrogen) atoms. The Kier molecular flexibility index (Phi) is 4.01. The normalized spacial score (nSPS) is 11.4. The van der Waals surface area contributed by atoms with Crippen LogP contribution in [-0.2, 0) is 11.2 Å². The van der Waals surface area contributed by atoms with Crippen LogP contribution in [0.2, 0.25) is 0 Å². The number of ketones is 1. The molecule has 0 atom stereocenters. The number of anilines is 1. The predicted molar refractivity (Wildman–Crippen MR) is 65.1 cm³/mol. The van der Waals surface area contributed by atoms with Crippen LogP contribution in [0.5, 0.6) is 0 Å². The van der Waals surface area contributed by atoms with E-state index < -0.39 is 5.54 Å². The van der Waals surface area contributed by atoms with E-state index in [1.807, 2.05) is 26.8 Å². The van der Waals surface area contributed by atoms with Crippen molar-refractivity contribution in [2.45, 2.75) is 32.7 Å². The van der Waals surface area contributed by atoms with Crippen molar-refractivity contribution in [3.63, 3.8) is 0 Å². The number of aromatic nitrogens is 1. The molecule has 0 radical (unpaired) electrons. The molecule has 3 N–H and O–H groups in total. The molecule has 0 fully saturated rings. The predicted octanol–water partition coefficient (Wildman–Crippen LogP) is 1.16. The molecule has 1 aromatic heterocycles. The number of nitrogens with zero attached hydrogens (tertiary/aromatic N) is 1. The summed E-state index contributed by atoms with van der Waals surface area (Å²) in [7, 11) is 0. The Bertz CT molecular complexity index is 374. The van der Waals surface area contributed by atoms with Gasteiger partial charge in [-0.1, -0.05) is 13.0 Å². The second-order valence-corrected chi connectivity index (χ2v) is 4.30. The molecule has 4 heteroatoms. The average Bonchev–Trinajstić information content (AvgIpc) is 2.21. The largest absolute Gasteiger partial charge is 0.383 e. The highest BCUT2D eigenvalue weighted by Gasteiger charge is 2.26. The lowest BCUT2D eigenvalue weighted by Crippen LogP contribution is -2.47. The highest BCUT2D eigenvalue weighted by atomic mass is 16.1. The third-order valence-corrected chi connectivity index (χ3v) is 2.59. The van der Waals surface area contributed by atoms with Gasteiger partial charge in [0, 0.05) is 18.2 Å². The number of rotatable bonds is 5. The average molecular weight is 221 g/mol. The molecule has 0 spiro atoms. The van der Waals surface area contributed by atoms with Crippen molar-refractivity contribution < 1.29 is 4.79 Å². The molecule has 4 nitrogen and oxygen atoms in total. The first kappa shape index (κ1) is 12.6. The van der Waals surface area contributed by atoms with Crippen molar-refractivity contribution in [1.82, 2.24) is 10.3 Å². The minimum Gasteiger partial charge on any atom is -0.383 e. The highest BCUT2D eigenvalue weighted by Crippen LogP contribution is 2.13. The van der Waals surface area contributed by atoms with Crippen LogP contribution in [-0.4, -0.2) is 22.9 Å². The maximum Gasteiger partial charge on any atom is 0.156 e. The lowest BCUT2D eigenvalue weighted by Gasteiger charge is -2.24. The summed E-state index contributed by atoms with van der Waals surface area (Å²) in [6.45, 7) is 6.51. The van der Waals surface area contributed by atoms with Gasteiger partial charge in [0.25, 0.3) is 0 Å². The van der Waals surface area contributed by atoms with Gasteiger partial charge in [0.15, 0.2) is 5.78 Å². The van der Waals surface area contributed by atoms with E-state index in [1.54, 1.807) is 12.3 Å². The maximum atomic E-state index is 12.0. The summed E-state index contributed by atoms with van der Waals surface area (Å²) in [5.74, 6) is 0.553. The summed E-state index contributed by atoms with van der Waals surface area (Å²) >= 11 is 0. The number of hydrogen-bond donors (Lipinski definition) is 2. The monoisotopic (exact) mass is 221 g/mol. The van der Waals surface area contributed by atoms with Gasteiger partial charge in [0.05, 0.1) is 5.54 Å². The molecular weight excluding hydrogens is 202 g/mol. The number of pyridine rings is 1. The van der Waals surface area contributed by atoms with E-state index in [4.69, 9.17) is 5.73 Å². The van der Waals surface area contributed by atoms with Gasteiger partial charge in [0.2, 0.25) is 0 Å². The summed E-state index contributed by atoms with van der Waals surface area (Å²) in [5.41, 5.74) is 5.98. The molecule has 0 aliphatic heterocycles. The molecule has 0 saturated heterocycles. The first-order valence-corrected chi connectivity index (χ1v) is 5.45. The van der Waals surface area contributed by atoms with Crippen LogP contribution in [0.4, 0.5) is 5.82 Å². The zero-order valence-corrected chi connectivity index (χ0v) is 10.1. The number of carbonyl (C=O) groups excluding carboxylic acids is 1.